The van der Waals surface area contributed by atoms with Gasteiger partial charge in [0, 0.05) is 19.2 Å². The van der Waals surface area contributed by atoms with E-state index in [-0.39, 0.29) is 30.5 Å². The number of rotatable bonds is 6. The molecule has 4 nitrogen and oxygen atoms in total. The minimum Gasteiger partial charge on any atom is -0.380 e. The molecule has 0 radical (unpaired) electrons. The maximum Gasteiger partial charge on any atom is 0.223 e. The Morgan fingerprint density at radius 3 is 2.74 bits per heavy atom. The van der Waals surface area contributed by atoms with Gasteiger partial charge in [-0.1, -0.05) is 0 Å². The van der Waals surface area contributed by atoms with Crippen molar-refractivity contribution < 1.29 is 18.3 Å². The second-order valence-corrected chi connectivity index (χ2v) is 4.25. The van der Waals surface area contributed by atoms with Crippen molar-refractivity contribution in [1.29, 1.82) is 0 Å². The van der Waals surface area contributed by atoms with Crippen molar-refractivity contribution in [2.24, 2.45) is 5.73 Å². The SMILES string of the molecule is COC(CN)CC(=O)NC(C)c1cc(F)ccc1F. The number of amides is 1. The normalized spacial score (nSPS) is 13.9. The number of halogens is 2. The van der Waals surface area contributed by atoms with Gasteiger partial charge >= 0.3 is 0 Å². The average Bonchev–Trinajstić information content (AvgIpc) is 2.38. The number of benzene rings is 1. The maximum atomic E-state index is 13.5. The molecule has 0 aliphatic rings. The summed E-state index contributed by atoms with van der Waals surface area (Å²) in [5.74, 6) is -1.43. The zero-order valence-electron chi connectivity index (χ0n) is 11.0. The molecule has 0 fully saturated rings. The van der Waals surface area contributed by atoms with E-state index in [1.54, 1.807) is 6.92 Å². The van der Waals surface area contributed by atoms with Gasteiger partial charge in [0.2, 0.25) is 5.91 Å². The van der Waals surface area contributed by atoms with Crippen LogP contribution in [-0.2, 0) is 9.53 Å². The highest BCUT2D eigenvalue weighted by Crippen LogP contribution is 2.18. The molecule has 1 aromatic rings. The fourth-order valence-electron chi connectivity index (χ4n) is 1.69. The number of carbonyl (C=O) groups is 1. The van der Waals surface area contributed by atoms with E-state index < -0.39 is 17.7 Å². The van der Waals surface area contributed by atoms with Crippen molar-refractivity contribution in [2.75, 3.05) is 13.7 Å². The van der Waals surface area contributed by atoms with Crippen LogP contribution in [0.4, 0.5) is 8.78 Å². The molecule has 1 amide bonds. The smallest absolute Gasteiger partial charge is 0.223 e. The molecule has 0 aliphatic carbocycles. The number of hydrogen-bond donors (Lipinski definition) is 2. The number of nitrogens with one attached hydrogen (secondary N) is 1. The highest BCUT2D eigenvalue weighted by molar-refractivity contribution is 5.77. The molecule has 0 saturated heterocycles. The molecule has 19 heavy (non-hydrogen) atoms. The number of carbonyl (C=O) groups excluding carboxylic acids is 1. The first kappa shape index (κ1) is 15.5. The molecule has 0 spiro atoms. The zero-order valence-corrected chi connectivity index (χ0v) is 11.0. The Balaban J connectivity index is 2.66. The summed E-state index contributed by atoms with van der Waals surface area (Å²) in [4.78, 5) is 11.7. The summed E-state index contributed by atoms with van der Waals surface area (Å²) in [5.41, 5.74) is 5.51. The lowest BCUT2D eigenvalue weighted by molar-refractivity contribution is -0.124. The average molecular weight is 272 g/mol. The van der Waals surface area contributed by atoms with Crippen LogP contribution < -0.4 is 11.1 Å². The lowest BCUT2D eigenvalue weighted by Gasteiger charge is -2.17. The van der Waals surface area contributed by atoms with E-state index in [0.717, 1.165) is 18.2 Å². The Labute approximate surface area is 110 Å². The maximum absolute atomic E-state index is 13.5. The first-order valence-corrected chi connectivity index (χ1v) is 5.95. The van der Waals surface area contributed by atoms with Crippen molar-refractivity contribution in [1.82, 2.24) is 5.32 Å². The molecule has 6 heteroatoms. The molecule has 1 aromatic carbocycles. The largest absolute Gasteiger partial charge is 0.380 e. The van der Waals surface area contributed by atoms with Gasteiger partial charge in [-0.15, -0.1) is 0 Å². The van der Waals surface area contributed by atoms with E-state index in [0.29, 0.717) is 0 Å². The van der Waals surface area contributed by atoms with Gasteiger partial charge in [0.1, 0.15) is 11.6 Å². The lowest BCUT2D eigenvalue weighted by Crippen LogP contribution is -2.33. The number of hydrogen-bond acceptors (Lipinski definition) is 3. The minimum atomic E-state index is -0.626. The first-order valence-electron chi connectivity index (χ1n) is 5.95. The van der Waals surface area contributed by atoms with E-state index in [9.17, 15) is 13.6 Å². The molecule has 2 atom stereocenters. The van der Waals surface area contributed by atoms with Crippen molar-refractivity contribution in [2.45, 2.75) is 25.5 Å². The predicted molar refractivity (Wildman–Crippen MR) is 67.4 cm³/mol. The van der Waals surface area contributed by atoms with E-state index in [2.05, 4.69) is 5.32 Å². The van der Waals surface area contributed by atoms with E-state index in [1.807, 2.05) is 0 Å². The molecular weight excluding hydrogens is 254 g/mol. The van der Waals surface area contributed by atoms with Crippen LogP contribution in [0.2, 0.25) is 0 Å². The summed E-state index contributed by atoms with van der Waals surface area (Å²) >= 11 is 0. The second-order valence-electron chi connectivity index (χ2n) is 4.25. The van der Waals surface area contributed by atoms with Crippen molar-refractivity contribution in [3.63, 3.8) is 0 Å². The van der Waals surface area contributed by atoms with Gasteiger partial charge in [-0.25, -0.2) is 8.78 Å². The minimum absolute atomic E-state index is 0.0777. The highest BCUT2D eigenvalue weighted by Gasteiger charge is 2.17. The number of ether oxygens (including phenoxy) is 1. The first-order chi connectivity index (χ1) is 8.97. The molecule has 0 bridgehead atoms. The molecule has 0 saturated carbocycles. The van der Waals surface area contributed by atoms with Crippen LogP contribution in [0.25, 0.3) is 0 Å². The Morgan fingerprint density at radius 2 is 2.16 bits per heavy atom. The molecule has 106 valence electrons. The Kier molecular flexibility index (Phi) is 5.85. The predicted octanol–water partition coefficient (Wildman–Crippen LogP) is 1.51. The Morgan fingerprint density at radius 1 is 1.47 bits per heavy atom. The summed E-state index contributed by atoms with van der Waals surface area (Å²) in [6.07, 6.45) is -0.307. The van der Waals surface area contributed by atoms with Crippen LogP contribution in [-0.4, -0.2) is 25.7 Å². The molecule has 0 heterocycles. The van der Waals surface area contributed by atoms with E-state index in [1.165, 1.54) is 7.11 Å². The third kappa shape index (κ3) is 4.57. The van der Waals surface area contributed by atoms with Crippen LogP contribution in [0.3, 0.4) is 0 Å². The van der Waals surface area contributed by atoms with E-state index in [4.69, 9.17) is 10.5 Å². The number of nitrogens with two attached hydrogens (primary N) is 1. The fourth-order valence-corrected chi connectivity index (χ4v) is 1.69. The third-order valence-corrected chi connectivity index (χ3v) is 2.81. The van der Waals surface area contributed by atoms with Gasteiger partial charge in [0.25, 0.3) is 0 Å². The molecular formula is C13H18F2N2O2. The van der Waals surface area contributed by atoms with Crippen molar-refractivity contribution in [3.05, 3.63) is 35.4 Å². The molecule has 1 rings (SSSR count). The summed E-state index contributed by atoms with van der Waals surface area (Å²) in [6, 6.07) is 2.50. The molecule has 0 aliphatic heterocycles. The van der Waals surface area contributed by atoms with Crippen LogP contribution >= 0.6 is 0 Å². The van der Waals surface area contributed by atoms with Gasteiger partial charge in [-0.2, -0.15) is 0 Å². The molecule has 3 N–H and O–H groups in total. The summed E-state index contributed by atoms with van der Waals surface area (Å²) in [5, 5.41) is 2.58. The van der Waals surface area contributed by atoms with Gasteiger partial charge < -0.3 is 15.8 Å². The lowest BCUT2D eigenvalue weighted by atomic mass is 10.1. The van der Waals surface area contributed by atoms with Gasteiger partial charge in [0.05, 0.1) is 18.6 Å². The molecule has 2 unspecified atom stereocenters. The topological polar surface area (TPSA) is 64.3 Å². The monoisotopic (exact) mass is 272 g/mol. The third-order valence-electron chi connectivity index (χ3n) is 2.81. The second kappa shape index (κ2) is 7.16. The summed E-state index contributed by atoms with van der Waals surface area (Å²) in [6.45, 7) is 1.80. The van der Waals surface area contributed by atoms with Crippen molar-refractivity contribution >= 4 is 5.91 Å². The summed E-state index contributed by atoms with van der Waals surface area (Å²) < 4.78 is 31.5. The standard InChI is InChI=1S/C13H18F2N2O2/c1-8(11-5-9(14)3-4-12(11)15)17-13(18)6-10(7-16)19-2/h3-5,8,10H,6-7,16H2,1-2H3,(H,17,18). The van der Waals surface area contributed by atoms with Crippen LogP contribution in [0.1, 0.15) is 24.9 Å². The van der Waals surface area contributed by atoms with Gasteiger partial charge in [0.15, 0.2) is 0 Å². The van der Waals surface area contributed by atoms with Crippen molar-refractivity contribution in [3.8, 4) is 0 Å². The Bertz CT molecular complexity index is 437. The molecule has 0 aromatic heterocycles. The summed E-state index contributed by atoms with van der Waals surface area (Å²) in [7, 11) is 1.46. The fraction of sp³-hybridized carbons (Fsp3) is 0.462. The Hall–Kier alpha value is -1.53. The van der Waals surface area contributed by atoms with E-state index >= 15 is 0 Å². The quantitative estimate of drug-likeness (QED) is 0.825. The van der Waals surface area contributed by atoms with Gasteiger partial charge in [-0.05, 0) is 25.1 Å². The van der Waals surface area contributed by atoms with Crippen LogP contribution in [0.15, 0.2) is 18.2 Å². The van der Waals surface area contributed by atoms with Gasteiger partial charge in [-0.3, -0.25) is 4.79 Å². The zero-order chi connectivity index (χ0) is 14.4. The highest BCUT2D eigenvalue weighted by atomic mass is 19.1. The number of methoxy groups -OCH3 is 1. The van der Waals surface area contributed by atoms with Crippen LogP contribution in [0.5, 0.6) is 0 Å². The van der Waals surface area contributed by atoms with Crippen LogP contribution in [0, 0.1) is 11.6 Å².